The highest BCUT2D eigenvalue weighted by atomic mass is 79.9. The summed E-state index contributed by atoms with van der Waals surface area (Å²) < 4.78 is 5.65. The van der Waals surface area contributed by atoms with Crippen LogP contribution in [0, 0.1) is 0 Å². The SMILES string of the molecule is CCN(CC)C1CCN(C(=O)c2ccoc2Br)C1. The molecule has 1 aromatic heterocycles. The van der Waals surface area contributed by atoms with Gasteiger partial charge in [-0.3, -0.25) is 9.69 Å². The van der Waals surface area contributed by atoms with Gasteiger partial charge in [-0.15, -0.1) is 0 Å². The molecule has 4 nitrogen and oxygen atoms in total. The second-order valence-corrected chi connectivity index (χ2v) is 5.24. The van der Waals surface area contributed by atoms with Crippen molar-refractivity contribution >= 4 is 21.8 Å². The van der Waals surface area contributed by atoms with E-state index in [0.29, 0.717) is 16.3 Å². The Balaban J connectivity index is 2.01. The van der Waals surface area contributed by atoms with Crippen molar-refractivity contribution in [1.29, 1.82) is 0 Å². The van der Waals surface area contributed by atoms with Crippen LogP contribution in [0.3, 0.4) is 0 Å². The van der Waals surface area contributed by atoms with Crippen molar-refractivity contribution < 1.29 is 9.21 Å². The molecule has 2 heterocycles. The van der Waals surface area contributed by atoms with E-state index in [1.54, 1.807) is 6.07 Å². The molecule has 0 bridgehead atoms. The van der Waals surface area contributed by atoms with Gasteiger partial charge in [0.25, 0.3) is 5.91 Å². The van der Waals surface area contributed by atoms with E-state index in [9.17, 15) is 4.79 Å². The van der Waals surface area contributed by atoms with Gasteiger partial charge in [0.05, 0.1) is 11.8 Å². The maximum atomic E-state index is 12.3. The average molecular weight is 315 g/mol. The molecule has 1 unspecified atom stereocenters. The molecule has 1 amide bonds. The van der Waals surface area contributed by atoms with Crippen molar-refractivity contribution in [2.24, 2.45) is 0 Å². The molecule has 1 aromatic rings. The van der Waals surface area contributed by atoms with Gasteiger partial charge >= 0.3 is 0 Å². The summed E-state index contributed by atoms with van der Waals surface area (Å²) in [5.41, 5.74) is 0.621. The van der Waals surface area contributed by atoms with Crippen molar-refractivity contribution in [1.82, 2.24) is 9.80 Å². The molecule has 0 saturated carbocycles. The fraction of sp³-hybridized carbons (Fsp3) is 0.615. The largest absolute Gasteiger partial charge is 0.457 e. The monoisotopic (exact) mass is 314 g/mol. The molecule has 0 radical (unpaired) electrons. The van der Waals surface area contributed by atoms with Crippen LogP contribution in [0.15, 0.2) is 21.4 Å². The predicted molar refractivity (Wildman–Crippen MR) is 73.6 cm³/mol. The van der Waals surface area contributed by atoms with Crippen LogP contribution < -0.4 is 0 Å². The predicted octanol–water partition coefficient (Wildman–Crippen LogP) is 2.60. The van der Waals surface area contributed by atoms with Gasteiger partial charge in [-0.1, -0.05) is 13.8 Å². The third kappa shape index (κ3) is 2.62. The summed E-state index contributed by atoms with van der Waals surface area (Å²) in [5, 5.41) is 0. The first-order valence-corrected chi connectivity index (χ1v) is 7.23. The van der Waals surface area contributed by atoms with Gasteiger partial charge < -0.3 is 9.32 Å². The van der Waals surface area contributed by atoms with Gasteiger partial charge in [0.2, 0.25) is 0 Å². The first-order valence-electron chi connectivity index (χ1n) is 6.43. The Morgan fingerprint density at radius 1 is 1.56 bits per heavy atom. The van der Waals surface area contributed by atoms with Gasteiger partial charge in [-0.25, -0.2) is 0 Å². The summed E-state index contributed by atoms with van der Waals surface area (Å²) in [4.78, 5) is 16.6. The summed E-state index contributed by atoms with van der Waals surface area (Å²) in [5.74, 6) is 0.0604. The Hall–Kier alpha value is -0.810. The number of hydrogen-bond donors (Lipinski definition) is 0. The summed E-state index contributed by atoms with van der Waals surface area (Å²) in [6.45, 7) is 8.06. The Kier molecular flexibility index (Phi) is 4.45. The fourth-order valence-electron chi connectivity index (χ4n) is 2.58. The lowest BCUT2D eigenvalue weighted by atomic mass is 10.2. The number of nitrogens with zero attached hydrogens (tertiary/aromatic N) is 2. The maximum Gasteiger partial charge on any atom is 0.258 e. The van der Waals surface area contributed by atoms with Gasteiger partial charge in [-0.2, -0.15) is 0 Å². The van der Waals surface area contributed by atoms with Gasteiger partial charge in [-0.05, 0) is 41.5 Å². The van der Waals surface area contributed by atoms with E-state index in [1.165, 1.54) is 6.26 Å². The Bertz CT molecular complexity index is 415. The van der Waals surface area contributed by atoms with Gasteiger partial charge in [0.1, 0.15) is 0 Å². The van der Waals surface area contributed by atoms with Crippen LogP contribution >= 0.6 is 15.9 Å². The van der Waals surface area contributed by atoms with Crippen LogP contribution in [0.4, 0.5) is 0 Å². The van der Waals surface area contributed by atoms with E-state index in [2.05, 4.69) is 34.7 Å². The first-order chi connectivity index (χ1) is 8.67. The zero-order valence-electron chi connectivity index (χ0n) is 10.9. The van der Waals surface area contributed by atoms with Crippen molar-refractivity contribution in [3.05, 3.63) is 22.6 Å². The molecule has 100 valence electrons. The molecule has 0 N–H and O–H groups in total. The van der Waals surface area contributed by atoms with Gasteiger partial charge in [0, 0.05) is 19.1 Å². The number of carbonyl (C=O) groups is 1. The molecule has 1 fully saturated rings. The van der Waals surface area contributed by atoms with Crippen molar-refractivity contribution in [2.45, 2.75) is 26.3 Å². The molecular formula is C13H19BrN2O2. The number of likely N-dealkylation sites (N-methyl/N-ethyl adjacent to an activating group) is 1. The number of carbonyl (C=O) groups excluding carboxylic acids is 1. The maximum absolute atomic E-state index is 12.3. The molecule has 0 aromatic carbocycles. The number of amides is 1. The third-order valence-electron chi connectivity index (χ3n) is 3.63. The number of furan rings is 1. The molecule has 1 aliphatic heterocycles. The van der Waals surface area contributed by atoms with Crippen molar-refractivity contribution in [3.63, 3.8) is 0 Å². The number of hydrogen-bond acceptors (Lipinski definition) is 3. The summed E-state index contributed by atoms with van der Waals surface area (Å²) in [6, 6.07) is 2.21. The molecule has 18 heavy (non-hydrogen) atoms. The lowest BCUT2D eigenvalue weighted by molar-refractivity contribution is 0.0776. The highest BCUT2D eigenvalue weighted by Crippen LogP contribution is 2.23. The highest BCUT2D eigenvalue weighted by Gasteiger charge is 2.30. The molecule has 1 aliphatic rings. The minimum atomic E-state index is 0.0604. The van der Waals surface area contributed by atoms with E-state index in [4.69, 9.17) is 4.42 Å². The van der Waals surface area contributed by atoms with Crippen LogP contribution in [0.5, 0.6) is 0 Å². The van der Waals surface area contributed by atoms with E-state index in [1.807, 2.05) is 4.90 Å². The zero-order chi connectivity index (χ0) is 13.1. The van der Waals surface area contributed by atoms with Crippen LogP contribution in [0.1, 0.15) is 30.6 Å². The number of rotatable bonds is 4. The average Bonchev–Trinajstić information content (AvgIpc) is 2.99. The minimum Gasteiger partial charge on any atom is -0.457 e. The Morgan fingerprint density at radius 3 is 2.83 bits per heavy atom. The molecular weight excluding hydrogens is 296 g/mol. The highest BCUT2D eigenvalue weighted by molar-refractivity contribution is 9.10. The number of likely N-dealkylation sites (tertiary alicyclic amines) is 1. The summed E-state index contributed by atoms with van der Waals surface area (Å²) >= 11 is 3.26. The topological polar surface area (TPSA) is 36.7 Å². The summed E-state index contributed by atoms with van der Waals surface area (Å²) in [6.07, 6.45) is 2.60. The third-order valence-corrected chi connectivity index (χ3v) is 4.24. The van der Waals surface area contributed by atoms with E-state index in [-0.39, 0.29) is 5.91 Å². The van der Waals surface area contributed by atoms with E-state index in [0.717, 1.165) is 32.6 Å². The zero-order valence-corrected chi connectivity index (χ0v) is 12.4. The van der Waals surface area contributed by atoms with Crippen molar-refractivity contribution in [2.75, 3.05) is 26.2 Å². The standard InChI is InChI=1S/C13H19BrN2O2/c1-3-15(4-2)10-5-7-16(9-10)13(17)11-6-8-18-12(11)14/h6,8,10H,3-5,7,9H2,1-2H3. The van der Waals surface area contributed by atoms with Crippen LogP contribution in [-0.2, 0) is 0 Å². The van der Waals surface area contributed by atoms with E-state index < -0.39 is 0 Å². The van der Waals surface area contributed by atoms with Crippen LogP contribution in [0.25, 0.3) is 0 Å². The number of halogens is 1. The second kappa shape index (κ2) is 5.89. The van der Waals surface area contributed by atoms with Crippen molar-refractivity contribution in [3.8, 4) is 0 Å². The summed E-state index contributed by atoms with van der Waals surface area (Å²) in [7, 11) is 0. The molecule has 5 heteroatoms. The van der Waals surface area contributed by atoms with Gasteiger partial charge in [0.15, 0.2) is 4.67 Å². The molecule has 1 atom stereocenters. The lowest BCUT2D eigenvalue weighted by Crippen LogP contribution is -2.38. The Morgan fingerprint density at radius 2 is 2.28 bits per heavy atom. The van der Waals surface area contributed by atoms with Crippen LogP contribution in [0.2, 0.25) is 0 Å². The molecule has 2 rings (SSSR count). The smallest absolute Gasteiger partial charge is 0.258 e. The molecule has 0 spiro atoms. The normalized spacial score (nSPS) is 19.8. The second-order valence-electron chi connectivity index (χ2n) is 4.52. The fourth-order valence-corrected chi connectivity index (χ4v) is 2.99. The van der Waals surface area contributed by atoms with Crippen LogP contribution in [-0.4, -0.2) is 47.9 Å². The Labute approximate surface area is 116 Å². The first kappa shape index (κ1) is 13.6. The quantitative estimate of drug-likeness (QED) is 0.857. The lowest BCUT2D eigenvalue weighted by Gasteiger charge is -2.26. The molecule has 0 aliphatic carbocycles. The minimum absolute atomic E-state index is 0.0604. The molecule has 1 saturated heterocycles. The van der Waals surface area contributed by atoms with E-state index >= 15 is 0 Å².